The predicted molar refractivity (Wildman–Crippen MR) is 85.4 cm³/mol. The molecule has 0 aliphatic rings. The maximum atomic E-state index is 12.1. The van der Waals surface area contributed by atoms with E-state index >= 15 is 0 Å². The Labute approximate surface area is 142 Å². The number of ketones is 1. The average molecular weight is 380 g/mol. The standard InChI is InChI=1S/C14H9Cl3O4S/c15-10-6-7-12(14(17)13(10)16)22(19,20)21-8-11(18)9-4-2-1-3-5-9/h1-7H,8H2. The number of benzene rings is 2. The van der Waals surface area contributed by atoms with Gasteiger partial charge in [0.05, 0.1) is 15.1 Å². The number of Topliss-reactive ketones (excluding diaryl/α,β-unsaturated/α-hetero) is 1. The minimum absolute atomic E-state index is 0.0950. The van der Waals surface area contributed by atoms with Crippen LogP contribution in [0.3, 0.4) is 0 Å². The van der Waals surface area contributed by atoms with Gasteiger partial charge in [0.15, 0.2) is 5.78 Å². The zero-order chi connectivity index (χ0) is 16.3. The van der Waals surface area contributed by atoms with Crippen LogP contribution in [0.4, 0.5) is 0 Å². The fourth-order valence-electron chi connectivity index (χ4n) is 1.60. The lowest BCUT2D eigenvalue weighted by molar-refractivity contribution is 0.0924. The summed E-state index contributed by atoms with van der Waals surface area (Å²) in [6, 6.07) is 10.6. The molecule has 0 atom stereocenters. The zero-order valence-electron chi connectivity index (χ0n) is 10.9. The van der Waals surface area contributed by atoms with E-state index in [1.807, 2.05) is 0 Å². The second-order valence-corrected chi connectivity index (χ2v) is 6.93. The zero-order valence-corrected chi connectivity index (χ0v) is 14.0. The normalized spacial score (nSPS) is 11.4. The van der Waals surface area contributed by atoms with E-state index in [4.69, 9.17) is 39.0 Å². The molecular formula is C14H9Cl3O4S. The van der Waals surface area contributed by atoms with Crippen LogP contribution >= 0.6 is 34.8 Å². The van der Waals surface area contributed by atoms with Crippen LogP contribution in [0.1, 0.15) is 10.4 Å². The molecule has 0 amide bonds. The number of hydrogen-bond donors (Lipinski definition) is 0. The number of halogens is 3. The van der Waals surface area contributed by atoms with Crippen LogP contribution < -0.4 is 0 Å². The molecule has 2 rings (SSSR count). The van der Waals surface area contributed by atoms with Gasteiger partial charge in [-0.2, -0.15) is 8.42 Å². The van der Waals surface area contributed by atoms with Crippen molar-refractivity contribution in [3.63, 3.8) is 0 Å². The quantitative estimate of drug-likeness (QED) is 0.443. The minimum Gasteiger partial charge on any atom is -0.291 e. The van der Waals surface area contributed by atoms with Crippen LogP contribution in [-0.2, 0) is 14.3 Å². The molecule has 0 bridgehead atoms. The predicted octanol–water partition coefficient (Wildman–Crippen LogP) is 4.24. The molecule has 22 heavy (non-hydrogen) atoms. The van der Waals surface area contributed by atoms with Gasteiger partial charge in [-0.3, -0.25) is 8.98 Å². The van der Waals surface area contributed by atoms with Crippen molar-refractivity contribution in [2.75, 3.05) is 6.61 Å². The van der Waals surface area contributed by atoms with Crippen molar-refractivity contribution in [2.45, 2.75) is 4.90 Å². The average Bonchev–Trinajstić information content (AvgIpc) is 2.51. The lowest BCUT2D eigenvalue weighted by atomic mass is 10.1. The number of carbonyl (C=O) groups excluding carboxylic acids is 1. The van der Waals surface area contributed by atoms with Crippen molar-refractivity contribution in [3.8, 4) is 0 Å². The fraction of sp³-hybridized carbons (Fsp3) is 0.0714. The number of rotatable bonds is 5. The van der Waals surface area contributed by atoms with Gasteiger partial charge in [-0.1, -0.05) is 65.1 Å². The highest BCUT2D eigenvalue weighted by Gasteiger charge is 2.23. The SMILES string of the molecule is O=C(COS(=O)(=O)c1ccc(Cl)c(Cl)c1Cl)c1ccccc1. The van der Waals surface area contributed by atoms with Crippen LogP contribution in [-0.4, -0.2) is 20.8 Å². The topological polar surface area (TPSA) is 60.4 Å². The Balaban J connectivity index is 2.19. The molecule has 0 aromatic heterocycles. The first-order chi connectivity index (χ1) is 10.3. The van der Waals surface area contributed by atoms with Gasteiger partial charge < -0.3 is 0 Å². The molecule has 116 valence electrons. The third kappa shape index (κ3) is 3.80. The fourth-order valence-corrected chi connectivity index (χ4v) is 3.42. The van der Waals surface area contributed by atoms with E-state index in [0.717, 1.165) is 0 Å². The molecule has 0 N–H and O–H groups in total. The Kier molecular flexibility index (Phi) is 5.47. The van der Waals surface area contributed by atoms with E-state index in [0.29, 0.717) is 5.56 Å². The van der Waals surface area contributed by atoms with E-state index in [9.17, 15) is 13.2 Å². The molecule has 0 saturated heterocycles. The lowest BCUT2D eigenvalue weighted by Gasteiger charge is -2.08. The number of hydrogen-bond acceptors (Lipinski definition) is 4. The Morgan fingerprint density at radius 3 is 2.23 bits per heavy atom. The van der Waals surface area contributed by atoms with Crippen LogP contribution in [0.2, 0.25) is 15.1 Å². The van der Waals surface area contributed by atoms with Crippen molar-refractivity contribution >= 4 is 50.7 Å². The largest absolute Gasteiger partial charge is 0.298 e. The highest BCUT2D eigenvalue weighted by Crippen LogP contribution is 2.35. The third-order valence-electron chi connectivity index (χ3n) is 2.71. The third-order valence-corrected chi connectivity index (χ3v) is 5.42. The Morgan fingerprint density at radius 1 is 0.955 bits per heavy atom. The van der Waals surface area contributed by atoms with E-state index in [2.05, 4.69) is 0 Å². The smallest absolute Gasteiger partial charge is 0.291 e. The Morgan fingerprint density at radius 2 is 1.59 bits per heavy atom. The second-order valence-electron chi connectivity index (χ2n) is 4.18. The summed E-state index contributed by atoms with van der Waals surface area (Å²) >= 11 is 17.4. The maximum absolute atomic E-state index is 12.1. The molecule has 0 radical (unpaired) electrons. The first-order valence-corrected chi connectivity index (χ1v) is 8.48. The van der Waals surface area contributed by atoms with Crippen LogP contribution in [0.25, 0.3) is 0 Å². The summed E-state index contributed by atoms with van der Waals surface area (Å²) in [6.07, 6.45) is 0. The summed E-state index contributed by atoms with van der Waals surface area (Å²) in [5, 5.41) is -0.227. The van der Waals surface area contributed by atoms with Gasteiger partial charge in [-0.15, -0.1) is 0 Å². The highest BCUT2D eigenvalue weighted by atomic mass is 35.5. The summed E-state index contributed by atoms with van der Waals surface area (Å²) in [7, 11) is -4.23. The maximum Gasteiger partial charge on any atom is 0.298 e. The second kappa shape index (κ2) is 6.98. The summed E-state index contributed by atoms with van der Waals surface area (Å²) in [6.45, 7) is -0.636. The van der Waals surface area contributed by atoms with Gasteiger partial charge in [0, 0.05) is 5.56 Å². The van der Waals surface area contributed by atoms with Crippen molar-refractivity contribution in [1.29, 1.82) is 0 Å². The van der Waals surface area contributed by atoms with Gasteiger partial charge in [-0.25, -0.2) is 0 Å². The summed E-state index contributed by atoms with van der Waals surface area (Å²) in [5.74, 6) is -0.472. The molecule has 0 fully saturated rings. The molecule has 4 nitrogen and oxygen atoms in total. The van der Waals surface area contributed by atoms with E-state index in [1.165, 1.54) is 12.1 Å². The summed E-state index contributed by atoms with van der Waals surface area (Å²) in [5.41, 5.74) is 0.345. The van der Waals surface area contributed by atoms with Gasteiger partial charge in [0.1, 0.15) is 11.5 Å². The van der Waals surface area contributed by atoms with Gasteiger partial charge in [0.2, 0.25) is 0 Å². The van der Waals surface area contributed by atoms with E-state index in [1.54, 1.807) is 30.3 Å². The van der Waals surface area contributed by atoms with Crippen LogP contribution in [0, 0.1) is 0 Å². The molecule has 8 heteroatoms. The summed E-state index contributed by atoms with van der Waals surface area (Å²) < 4.78 is 28.9. The van der Waals surface area contributed by atoms with Crippen molar-refractivity contribution < 1.29 is 17.4 Å². The van der Waals surface area contributed by atoms with Gasteiger partial charge in [-0.05, 0) is 12.1 Å². The molecule has 0 aliphatic heterocycles. The first-order valence-electron chi connectivity index (χ1n) is 5.94. The Hall–Kier alpha value is -1.11. The van der Waals surface area contributed by atoms with E-state index in [-0.39, 0.29) is 20.0 Å². The van der Waals surface area contributed by atoms with Gasteiger partial charge >= 0.3 is 0 Å². The highest BCUT2D eigenvalue weighted by molar-refractivity contribution is 7.87. The van der Waals surface area contributed by atoms with E-state index < -0.39 is 22.5 Å². The summed E-state index contributed by atoms with van der Waals surface area (Å²) in [4.78, 5) is 11.5. The number of carbonyl (C=O) groups is 1. The van der Waals surface area contributed by atoms with Gasteiger partial charge in [0.25, 0.3) is 10.1 Å². The molecule has 0 spiro atoms. The molecule has 0 heterocycles. The molecule has 0 aliphatic carbocycles. The van der Waals surface area contributed by atoms with Crippen LogP contribution in [0.5, 0.6) is 0 Å². The lowest BCUT2D eigenvalue weighted by Crippen LogP contribution is -2.15. The molecule has 2 aromatic carbocycles. The monoisotopic (exact) mass is 378 g/mol. The molecular weight excluding hydrogens is 371 g/mol. The van der Waals surface area contributed by atoms with Crippen molar-refractivity contribution in [2.24, 2.45) is 0 Å². The van der Waals surface area contributed by atoms with Crippen molar-refractivity contribution in [1.82, 2.24) is 0 Å². The Bertz CT molecular complexity index is 804. The molecule has 0 saturated carbocycles. The minimum atomic E-state index is -4.23. The van der Waals surface area contributed by atoms with Crippen LogP contribution in [0.15, 0.2) is 47.4 Å². The first kappa shape index (κ1) is 17.2. The molecule has 2 aromatic rings. The molecule has 0 unspecified atom stereocenters. The van der Waals surface area contributed by atoms with Crippen molar-refractivity contribution in [3.05, 3.63) is 63.1 Å².